The van der Waals surface area contributed by atoms with Crippen molar-refractivity contribution in [1.82, 2.24) is 4.90 Å². The summed E-state index contributed by atoms with van der Waals surface area (Å²) in [6, 6.07) is 6.03. The number of para-hydroxylation sites is 1. The summed E-state index contributed by atoms with van der Waals surface area (Å²) >= 11 is 0. The maximum Gasteiger partial charge on any atom is 0.239 e. The highest BCUT2D eigenvalue weighted by molar-refractivity contribution is 6.10. The van der Waals surface area contributed by atoms with Gasteiger partial charge in [0, 0.05) is 18.8 Å². The van der Waals surface area contributed by atoms with E-state index in [1.165, 1.54) is 0 Å². The van der Waals surface area contributed by atoms with Crippen LogP contribution in [0.5, 0.6) is 0 Å². The highest BCUT2D eigenvalue weighted by Crippen LogP contribution is 2.30. The number of amides is 2. The first-order chi connectivity index (χ1) is 11.6. The summed E-state index contributed by atoms with van der Waals surface area (Å²) < 4.78 is 0. The zero-order valence-corrected chi connectivity index (χ0v) is 16.5. The molecular weight excluding hydrogens is 312 g/mol. The van der Waals surface area contributed by atoms with Crippen molar-refractivity contribution in [3.63, 3.8) is 0 Å². The number of piperidine rings is 1. The maximum atomic E-state index is 13.0. The van der Waals surface area contributed by atoms with Gasteiger partial charge in [0.15, 0.2) is 0 Å². The molecule has 1 heterocycles. The molecule has 138 valence electrons. The Morgan fingerprint density at radius 1 is 1.28 bits per heavy atom. The Balaban J connectivity index is 2.20. The van der Waals surface area contributed by atoms with Crippen LogP contribution in [0.1, 0.15) is 64.5 Å². The summed E-state index contributed by atoms with van der Waals surface area (Å²) in [6.45, 7) is 13.3. The highest BCUT2D eigenvalue weighted by Gasteiger charge is 2.40. The van der Waals surface area contributed by atoms with E-state index in [-0.39, 0.29) is 11.8 Å². The van der Waals surface area contributed by atoms with Crippen LogP contribution in [0, 0.1) is 18.3 Å². The van der Waals surface area contributed by atoms with E-state index >= 15 is 0 Å². The molecule has 1 N–H and O–H groups in total. The van der Waals surface area contributed by atoms with Gasteiger partial charge in [-0.25, -0.2) is 0 Å². The van der Waals surface area contributed by atoms with Gasteiger partial charge in [-0.3, -0.25) is 9.59 Å². The van der Waals surface area contributed by atoms with Crippen molar-refractivity contribution in [2.75, 3.05) is 18.4 Å². The number of rotatable bonds is 4. The van der Waals surface area contributed by atoms with Crippen LogP contribution in [0.4, 0.5) is 5.69 Å². The lowest BCUT2D eigenvalue weighted by Gasteiger charge is -2.36. The summed E-state index contributed by atoms with van der Waals surface area (Å²) in [5.74, 6) is 0.501. The van der Waals surface area contributed by atoms with Crippen LogP contribution in [0.15, 0.2) is 18.2 Å². The molecule has 1 aromatic carbocycles. The lowest BCUT2D eigenvalue weighted by molar-refractivity contribution is -0.147. The Labute approximate surface area is 152 Å². The largest absolute Gasteiger partial charge is 0.342 e. The Hall–Kier alpha value is -1.84. The lowest BCUT2D eigenvalue weighted by atomic mass is 9.87. The summed E-state index contributed by atoms with van der Waals surface area (Å²) in [7, 11) is 0. The third-order valence-corrected chi connectivity index (χ3v) is 5.21. The zero-order chi connectivity index (χ0) is 18.8. The molecule has 0 spiro atoms. The van der Waals surface area contributed by atoms with Crippen LogP contribution in [0.3, 0.4) is 0 Å². The van der Waals surface area contributed by atoms with Gasteiger partial charge in [0.25, 0.3) is 0 Å². The number of benzene rings is 1. The van der Waals surface area contributed by atoms with E-state index in [2.05, 4.69) is 26.1 Å². The molecule has 1 aliphatic heterocycles. The van der Waals surface area contributed by atoms with Crippen molar-refractivity contribution in [2.45, 2.75) is 60.3 Å². The Morgan fingerprint density at radius 3 is 2.56 bits per heavy atom. The summed E-state index contributed by atoms with van der Waals surface area (Å²) in [4.78, 5) is 27.8. The number of nitrogens with one attached hydrogen (secondary N) is 1. The van der Waals surface area contributed by atoms with Gasteiger partial charge >= 0.3 is 0 Å². The van der Waals surface area contributed by atoms with Gasteiger partial charge in [-0.2, -0.15) is 0 Å². The molecule has 2 amide bonds. The molecule has 1 saturated heterocycles. The molecule has 0 bridgehead atoms. The minimum atomic E-state index is -1.08. The third-order valence-electron chi connectivity index (χ3n) is 5.21. The standard InChI is InChI=1S/C21H32N2O2/c1-14(2)17-11-7-10-16(4)18(17)22-19(24)21(5,6)20(25)23-12-8-9-15(3)13-23/h7,10-11,14-15H,8-9,12-13H2,1-6H3,(H,22,24). The summed E-state index contributed by atoms with van der Waals surface area (Å²) in [6.07, 6.45) is 2.16. The van der Waals surface area contributed by atoms with Gasteiger partial charge < -0.3 is 10.2 Å². The minimum Gasteiger partial charge on any atom is -0.342 e. The summed E-state index contributed by atoms with van der Waals surface area (Å²) in [5.41, 5.74) is 1.89. The van der Waals surface area contributed by atoms with Crippen LogP contribution in [0.25, 0.3) is 0 Å². The van der Waals surface area contributed by atoms with Crippen molar-refractivity contribution in [2.24, 2.45) is 11.3 Å². The quantitative estimate of drug-likeness (QED) is 0.826. The van der Waals surface area contributed by atoms with Crippen molar-refractivity contribution >= 4 is 17.5 Å². The van der Waals surface area contributed by atoms with E-state index in [0.717, 1.165) is 42.7 Å². The Bertz CT molecular complexity index is 649. The van der Waals surface area contributed by atoms with E-state index in [4.69, 9.17) is 0 Å². The summed E-state index contributed by atoms with van der Waals surface area (Å²) in [5, 5.41) is 3.05. The van der Waals surface area contributed by atoms with E-state index < -0.39 is 5.41 Å². The first kappa shape index (κ1) is 19.5. The van der Waals surface area contributed by atoms with E-state index in [9.17, 15) is 9.59 Å². The van der Waals surface area contributed by atoms with E-state index in [1.807, 2.05) is 30.0 Å². The molecule has 0 radical (unpaired) electrons. The van der Waals surface area contributed by atoms with Gasteiger partial charge in [-0.1, -0.05) is 39.0 Å². The van der Waals surface area contributed by atoms with Crippen molar-refractivity contribution < 1.29 is 9.59 Å². The van der Waals surface area contributed by atoms with Gasteiger partial charge in [0.05, 0.1) is 0 Å². The van der Waals surface area contributed by atoms with Gasteiger partial charge in [0.2, 0.25) is 11.8 Å². The van der Waals surface area contributed by atoms with Crippen LogP contribution >= 0.6 is 0 Å². The van der Waals surface area contributed by atoms with Gasteiger partial charge in [0.1, 0.15) is 5.41 Å². The second-order valence-electron chi connectivity index (χ2n) is 8.27. The number of carbonyl (C=O) groups is 2. The first-order valence-corrected chi connectivity index (χ1v) is 9.35. The number of likely N-dealkylation sites (tertiary alicyclic amines) is 1. The van der Waals surface area contributed by atoms with Crippen molar-refractivity contribution in [1.29, 1.82) is 0 Å². The fraction of sp³-hybridized carbons (Fsp3) is 0.619. The Morgan fingerprint density at radius 2 is 1.96 bits per heavy atom. The molecule has 0 saturated carbocycles. The smallest absolute Gasteiger partial charge is 0.239 e. The number of hydrogen-bond donors (Lipinski definition) is 1. The number of aryl methyl sites for hydroxylation is 1. The maximum absolute atomic E-state index is 13.0. The average molecular weight is 344 g/mol. The van der Waals surface area contributed by atoms with Crippen molar-refractivity contribution in [3.8, 4) is 0 Å². The molecule has 25 heavy (non-hydrogen) atoms. The molecule has 0 aromatic heterocycles. The van der Waals surface area contributed by atoms with Crippen molar-refractivity contribution in [3.05, 3.63) is 29.3 Å². The molecule has 0 aliphatic carbocycles. The predicted molar refractivity (Wildman–Crippen MR) is 103 cm³/mol. The van der Waals surface area contributed by atoms with E-state index in [0.29, 0.717) is 11.8 Å². The molecule has 1 aliphatic rings. The second kappa shape index (κ2) is 7.59. The number of hydrogen-bond acceptors (Lipinski definition) is 2. The minimum absolute atomic E-state index is 0.0729. The number of carbonyl (C=O) groups excluding carboxylic acids is 2. The van der Waals surface area contributed by atoms with E-state index in [1.54, 1.807) is 13.8 Å². The predicted octanol–water partition coefficient (Wildman–Crippen LogP) is 4.34. The van der Waals surface area contributed by atoms with Crippen LogP contribution in [0.2, 0.25) is 0 Å². The first-order valence-electron chi connectivity index (χ1n) is 9.35. The third kappa shape index (κ3) is 4.23. The van der Waals surface area contributed by atoms with Gasteiger partial charge in [-0.15, -0.1) is 0 Å². The molecule has 1 unspecified atom stereocenters. The topological polar surface area (TPSA) is 49.4 Å². The normalized spacial score (nSPS) is 18.4. The van der Waals surface area contributed by atoms with Gasteiger partial charge in [-0.05, 0) is 56.6 Å². The molecule has 1 atom stereocenters. The number of nitrogens with zero attached hydrogens (tertiary/aromatic N) is 1. The fourth-order valence-corrected chi connectivity index (χ4v) is 3.48. The second-order valence-corrected chi connectivity index (χ2v) is 8.27. The fourth-order valence-electron chi connectivity index (χ4n) is 3.48. The molecule has 1 aromatic rings. The molecular formula is C21H32N2O2. The number of anilines is 1. The molecule has 4 nitrogen and oxygen atoms in total. The van der Waals surface area contributed by atoms with Crippen LogP contribution in [-0.4, -0.2) is 29.8 Å². The molecule has 4 heteroatoms. The highest BCUT2D eigenvalue weighted by atomic mass is 16.2. The zero-order valence-electron chi connectivity index (χ0n) is 16.5. The molecule has 2 rings (SSSR count). The average Bonchev–Trinajstić information content (AvgIpc) is 2.55. The SMILES string of the molecule is Cc1cccc(C(C)C)c1NC(=O)C(C)(C)C(=O)N1CCCC(C)C1. The lowest BCUT2D eigenvalue weighted by Crippen LogP contribution is -2.50. The molecule has 1 fully saturated rings. The van der Waals surface area contributed by atoms with Crippen LogP contribution < -0.4 is 5.32 Å². The van der Waals surface area contributed by atoms with Crippen LogP contribution in [-0.2, 0) is 9.59 Å². The monoisotopic (exact) mass is 344 g/mol. The Kier molecular flexibility index (Phi) is 5.91.